The minimum atomic E-state index is -0.668. The largest absolute Gasteiger partial charge is 0.349 e. The van der Waals surface area contributed by atoms with Crippen molar-refractivity contribution in [1.29, 1.82) is 0 Å². The number of halogens is 1. The maximum atomic E-state index is 12.0. The molecule has 21 heavy (non-hydrogen) atoms. The highest BCUT2D eigenvalue weighted by Gasteiger charge is 2.32. The summed E-state index contributed by atoms with van der Waals surface area (Å²) in [5.74, 6) is -1.16. The second kappa shape index (κ2) is 5.97. The number of rotatable bonds is 4. The molecule has 0 spiro atoms. The molecule has 114 valence electrons. The van der Waals surface area contributed by atoms with E-state index in [9.17, 15) is 14.9 Å². The van der Waals surface area contributed by atoms with Gasteiger partial charge in [-0.05, 0) is 19.9 Å². The third-order valence-corrected chi connectivity index (χ3v) is 3.29. The van der Waals surface area contributed by atoms with Crippen LogP contribution in [0.2, 0.25) is 5.02 Å². The zero-order valence-corrected chi connectivity index (χ0v) is 12.3. The lowest BCUT2D eigenvalue weighted by molar-refractivity contribution is -0.384. The van der Waals surface area contributed by atoms with E-state index in [4.69, 9.17) is 21.1 Å². The Morgan fingerprint density at radius 1 is 1.57 bits per heavy atom. The van der Waals surface area contributed by atoms with Crippen molar-refractivity contribution in [2.24, 2.45) is 0 Å². The number of carbonyl (C=O) groups excluding carboxylic acids is 1. The highest BCUT2D eigenvalue weighted by Crippen LogP contribution is 2.23. The van der Waals surface area contributed by atoms with Crippen molar-refractivity contribution in [3.8, 4) is 0 Å². The molecule has 1 saturated heterocycles. The molecule has 1 N–H and O–H groups in total. The first-order valence-electron chi connectivity index (χ1n) is 6.32. The molecule has 0 saturated carbocycles. The lowest BCUT2D eigenvalue weighted by atomic mass is 10.2. The Hall–Kier alpha value is -1.70. The standard InChI is InChI=1S/C13H15ClN2O5/c1-13(2)20-7-9(21-13)6-15-12(17)10-5-8(16(18)19)3-4-11(10)14/h3-5,9H,6-7H2,1-2H3,(H,15,17). The Labute approximate surface area is 126 Å². The van der Waals surface area contributed by atoms with Gasteiger partial charge in [0.15, 0.2) is 5.79 Å². The summed E-state index contributed by atoms with van der Waals surface area (Å²) in [4.78, 5) is 22.2. The van der Waals surface area contributed by atoms with E-state index < -0.39 is 16.6 Å². The topological polar surface area (TPSA) is 90.7 Å². The molecule has 2 rings (SSSR count). The molecule has 7 nitrogen and oxygen atoms in total. The van der Waals surface area contributed by atoms with Crippen molar-refractivity contribution in [2.75, 3.05) is 13.2 Å². The minimum absolute atomic E-state index is 0.0593. The van der Waals surface area contributed by atoms with Crippen LogP contribution in [0.5, 0.6) is 0 Å². The summed E-state index contributed by atoms with van der Waals surface area (Å²) in [7, 11) is 0. The zero-order valence-electron chi connectivity index (χ0n) is 11.6. The van der Waals surface area contributed by atoms with Crippen molar-refractivity contribution in [2.45, 2.75) is 25.7 Å². The van der Waals surface area contributed by atoms with Crippen molar-refractivity contribution in [3.05, 3.63) is 38.9 Å². The Morgan fingerprint density at radius 2 is 2.29 bits per heavy atom. The number of nitro benzene ring substituents is 1. The van der Waals surface area contributed by atoms with Crippen molar-refractivity contribution in [1.82, 2.24) is 5.32 Å². The summed E-state index contributed by atoms with van der Waals surface area (Å²) in [6, 6.07) is 3.72. The van der Waals surface area contributed by atoms with Gasteiger partial charge in [0.25, 0.3) is 11.6 Å². The Kier molecular flexibility index (Phi) is 4.46. The summed E-state index contributed by atoms with van der Waals surface area (Å²) in [6.45, 7) is 4.18. The average Bonchev–Trinajstić information content (AvgIpc) is 2.76. The van der Waals surface area contributed by atoms with E-state index >= 15 is 0 Å². The first-order valence-corrected chi connectivity index (χ1v) is 6.70. The first kappa shape index (κ1) is 15.7. The molecule has 0 radical (unpaired) electrons. The summed E-state index contributed by atoms with van der Waals surface area (Å²) in [6.07, 6.45) is -0.263. The number of nitro groups is 1. The van der Waals surface area contributed by atoms with Crippen molar-refractivity contribution >= 4 is 23.2 Å². The molecule has 1 unspecified atom stereocenters. The summed E-state index contributed by atoms with van der Waals surface area (Å²) < 4.78 is 10.9. The van der Waals surface area contributed by atoms with Gasteiger partial charge in [0.1, 0.15) is 6.10 Å². The molecule has 1 amide bonds. The zero-order chi connectivity index (χ0) is 15.6. The van der Waals surface area contributed by atoms with Gasteiger partial charge in [0.05, 0.1) is 22.1 Å². The molecule has 1 aliphatic heterocycles. The van der Waals surface area contributed by atoms with Gasteiger partial charge in [-0.25, -0.2) is 0 Å². The molecular weight excluding hydrogens is 300 g/mol. The van der Waals surface area contributed by atoms with Gasteiger partial charge in [-0.15, -0.1) is 0 Å². The number of benzene rings is 1. The van der Waals surface area contributed by atoms with E-state index in [-0.39, 0.29) is 28.9 Å². The lowest BCUT2D eigenvalue weighted by Crippen LogP contribution is -2.34. The van der Waals surface area contributed by atoms with E-state index in [1.807, 2.05) is 0 Å². The second-order valence-electron chi connectivity index (χ2n) is 5.08. The van der Waals surface area contributed by atoms with E-state index in [0.29, 0.717) is 6.61 Å². The molecule has 0 aliphatic carbocycles. The monoisotopic (exact) mass is 314 g/mol. The number of ether oxygens (including phenoxy) is 2. The number of amides is 1. The SMILES string of the molecule is CC1(C)OCC(CNC(=O)c2cc([N+](=O)[O-])ccc2Cl)O1. The lowest BCUT2D eigenvalue weighted by Gasteiger charge is -2.17. The normalized spacial score (nSPS) is 20.2. The van der Waals surface area contributed by atoms with Crippen LogP contribution in [-0.4, -0.2) is 35.9 Å². The molecule has 0 bridgehead atoms. The molecule has 1 aliphatic rings. The van der Waals surface area contributed by atoms with Crippen LogP contribution in [-0.2, 0) is 9.47 Å². The van der Waals surface area contributed by atoms with Gasteiger partial charge < -0.3 is 14.8 Å². The number of hydrogen-bond acceptors (Lipinski definition) is 5. The smallest absolute Gasteiger partial charge is 0.270 e. The van der Waals surface area contributed by atoms with E-state index in [0.717, 1.165) is 6.07 Å². The average molecular weight is 315 g/mol. The maximum Gasteiger partial charge on any atom is 0.270 e. The molecule has 0 aromatic heterocycles. The minimum Gasteiger partial charge on any atom is -0.349 e. The van der Waals surface area contributed by atoms with Gasteiger partial charge in [-0.1, -0.05) is 11.6 Å². The molecule has 8 heteroatoms. The summed E-state index contributed by atoms with van der Waals surface area (Å²) in [5, 5.41) is 13.5. The van der Waals surface area contributed by atoms with Crippen molar-refractivity contribution in [3.63, 3.8) is 0 Å². The maximum absolute atomic E-state index is 12.0. The molecule has 1 fully saturated rings. The molecule has 1 heterocycles. The number of carbonyl (C=O) groups is 1. The highest BCUT2D eigenvalue weighted by atomic mass is 35.5. The number of hydrogen-bond donors (Lipinski definition) is 1. The Balaban J connectivity index is 2.00. The highest BCUT2D eigenvalue weighted by molar-refractivity contribution is 6.33. The van der Waals surface area contributed by atoms with Crippen LogP contribution < -0.4 is 5.32 Å². The Morgan fingerprint density at radius 3 is 2.86 bits per heavy atom. The van der Waals surface area contributed by atoms with Crippen molar-refractivity contribution < 1.29 is 19.2 Å². The van der Waals surface area contributed by atoms with Crippen LogP contribution >= 0.6 is 11.6 Å². The van der Waals surface area contributed by atoms with Crippen LogP contribution in [0.15, 0.2) is 18.2 Å². The third-order valence-electron chi connectivity index (χ3n) is 2.96. The van der Waals surface area contributed by atoms with Crippen LogP contribution in [0.3, 0.4) is 0 Å². The first-order chi connectivity index (χ1) is 9.78. The number of nitrogens with one attached hydrogen (secondary N) is 1. The van der Waals surface area contributed by atoms with Crippen LogP contribution in [0, 0.1) is 10.1 Å². The van der Waals surface area contributed by atoms with Crippen LogP contribution in [0.4, 0.5) is 5.69 Å². The summed E-state index contributed by atoms with van der Waals surface area (Å²) >= 11 is 5.90. The van der Waals surface area contributed by atoms with Crippen LogP contribution in [0.25, 0.3) is 0 Å². The summed E-state index contributed by atoms with van der Waals surface area (Å²) in [5.41, 5.74) is -0.129. The molecule has 1 aromatic carbocycles. The Bertz CT molecular complexity index is 576. The molecular formula is C13H15ClN2O5. The number of non-ortho nitro benzene ring substituents is 1. The third kappa shape index (κ3) is 3.90. The predicted molar refractivity (Wildman–Crippen MR) is 75.3 cm³/mol. The van der Waals surface area contributed by atoms with Gasteiger partial charge in [0, 0.05) is 18.7 Å². The van der Waals surface area contributed by atoms with E-state index in [1.165, 1.54) is 12.1 Å². The quantitative estimate of drug-likeness (QED) is 0.679. The van der Waals surface area contributed by atoms with Gasteiger partial charge >= 0.3 is 0 Å². The fraction of sp³-hybridized carbons (Fsp3) is 0.462. The molecule has 1 atom stereocenters. The second-order valence-corrected chi connectivity index (χ2v) is 5.49. The van der Waals surface area contributed by atoms with E-state index in [1.54, 1.807) is 13.8 Å². The number of nitrogens with zero attached hydrogens (tertiary/aromatic N) is 1. The fourth-order valence-corrected chi connectivity index (χ4v) is 2.17. The molecule has 1 aromatic rings. The van der Waals surface area contributed by atoms with E-state index in [2.05, 4.69) is 5.32 Å². The predicted octanol–water partition coefficient (Wildman–Crippen LogP) is 2.13. The van der Waals surface area contributed by atoms with Crippen LogP contribution in [0.1, 0.15) is 24.2 Å². The van der Waals surface area contributed by atoms with Gasteiger partial charge in [0.2, 0.25) is 0 Å². The van der Waals surface area contributed by atoms with Gasteiger partial charge in [-0.3, -0.25) is 14.9 Å². The van der Waals surface area contributed by atoms with Gasteiger partial charge in [-0.2, -0.15) is 0 Å². The fourth-order valence-electron chi connectivity index (χ4n) is 1.97.